The van der Waals surface area contributed by atoms with Crippen LogP contribution in [0.2, 0.25) is 0 Å². The maximum atomic E-state index is 11.7. The minimum atomic E-state index is -0.495. The number of amides is 1. The standard InChI is InChI=1S/C12H15N3O3.ClH/c13-11(8-1-2-8)7-14-12(16)9-3-5-10(6-4-9)15(17)18;/h3-6,8,11H,1-2,7,13H2,(H,14,16);1H. The molecule has 0 spiro atoms. The maximum absolute atomic E-state index is 11.7. The quantitative estimate of drug-likeness (QED) is 0.632. The molecule has 0 radical (unpaired) electrons. The van der Waals surface area contributed by atoms with E-state index in [0.29, 0.717) is 18.0 Å². The number of nitro benzene ring substituents is 1. The Balaban J connectivity index is 0.00000180. The minimum absolute atomic E-state index is 0. The first kappa shape index (κ1) is 15.4. The summed E-state index contributed by atoms with van der Waals surface area (Å²) in [5.41, 5.74) is 6.24. The number of hydrogen-bond acceptors (Lipinski definition) is 4. The number of benzene rings is 1. The van der Waals surface area contributed by atoms with E-state index in [2.05, 4.69) is 5.32 Å². The van der Waals surface area contributed by atoms with Crippen LogP contribution >= 0.6 is 12.4 Å². The molecular formula is C12H16ClN3O3. The maximum Gasteiger partial charge on any atom is 0.269 e. The molecule has 3 N–H and O–H groups in total. The summed E-state index contributed by atoms with van der Waals surface area (Å²) in [6.45, 7) is 0.445. The van der Waals surface area contributed by atoms with Gasteiger partial charge in [0.15, 0.2) is 0 Å². The third kappa shape index (κ3) is 4.18. The van der Waals surface area contributed by atoms with Gasteiger partial charge >= 0.3 is 0 Å². The molecule has 1 unspecified atom stereocenters. The fourth-order valence-electron chi connectivity index (χ4n) is 1.74. The van der Waals surface area contributed by atoms with Crippen molar-refractivity contribution in [2.75, 3.05) is 6.54 Å². The van der Waals surface area contributed by atoms with Crippen LogP contribution in [0.15, 0.2) is 24.3 Å². The predicted molar refractivity (Wildman–Crippen MR) is 73.4 cm³/mol. The second kappa shape index (κ2) is 6.49. The van der Waals surface area contributed by atoms with E-state index in [9.17, 15) is 14.9 Å². The molecule has 1 atom stereocenters. The Kier molecular flexibility index (Phi) is 5.26. The summed E-state index contributed by atoms with van der Waals surface area (Å²) < 4.78 is 0. The molecule has 1 aliphatic carbocycles. The molecule has 0 aliphatic heterocycles. The van der Waals surface area contributed by atoms with E-state index in [1.54, 1.807) is 0 Å². The van der Waals surface area contributed by atoms with Gasteiger partial charge < -0.3 is 11.1 Å². The number of carbonyl (C=O) groups excluding carboxylic acids is 1. The van der Waals surface area contributed by atoms with Crippen LogP contribution in [-0.2, 0) is 0 Å². The van der Waals surface area contributed by atoms with Gasteiger partial charge in [-0.2, -0.15) is 0 Å². The van der Waals surface area contributed by atoms with Gasteiger partial charge in [0.05, 0.1) is 4.92 Å². The molecule has 19 heavy (non-hydrogen) atoms. The lowest BCUT2D eigenvalue weighted by Crippen LogP contribution is -2.38. The monoisotopic (exact) mass is 285 g/mol. The highest BCUT2D eigenvalue weighted by Gasteiger charge is 2.28. The van der Waals surface area contributed by atoms with Crippen LogP contribution in [0.1, 0.15) is 23.2 Å². The van der Waals surface area contributed by atoms with Gasteiger partial charge in [-0.3, -0.25) is 14.9 Å². The van der Waals surface area contributed by atoms with Gasteiger partial charge in [-0.15, -0.1) is 12.4 Å². The van der Waals surface area contributed by atoms with Crippen molar-refractivity contribution in [1.82, 2.24) is 5.32 Å². The molecule has 0 saturated heterocycles. The van der Waals surface area contributed by atoms with E-state index in [-0.39, 0.29) is 30.0 Å². The normalized spacial score (nSPS) is 15.2. The van der Waals surface area contributed by atoms with Crippen molar-refractivity contribution < 1.29 is 9.72 Å². The van der Waals surface area contributed by atoms with Crippen molar-refractivity contribution in [1.29, 1.82) is 0 Å². The third-order valence-electron chi connectivity index (χ3n) is 3.07. The first-order valence-corrected chi connectivity index (χ1v) is 5.86. The summed E-state index contributed by atoms with van der Waals surface area (Å²) in [7, 11) is 0. The Morgan fingerprint density at radius 1 is 1.42 bits per heavy atom. The predicted octanol–water partition coefficient (Wildman–Crippen LogP) is 1.48. The summed E-state index contributed by atoms with van der Waals surface area (Å²) in [6.07, 6.45) is 2.27. The number of halogens is 1. The van der Waals surface area contributed by atoms with Crippen LogP contribution in [0.25, 0.3) is 0 Å². The fraction of sp³-hybridized carbons (Fsp3) is 0.417. The molecule has 1 aromatic rings. The second-order valence-electron chi connectivity index (χ2n) is 4.52. The topological polar surface area (TPSA) is 98.3 Å². The number of nitrogens with two attached hydrogens (primary N) is 1. The van der Waals surface area contributed by atoms with E-state index >= 15 is 0 Å². The average molecular weight is 286 g/mol. The Morgan fingerprint density at radius 2 is 2.00 bits per heavy atom. The number of nitro groups is 1. The summed E-state index contributed by atoms with van der Waals surface area (Å²) >= 11 is 0. The Labute approximate surface area is 116 Å². The molecule has 0 heterocycles. The number of nitrogens with zero attached hydrogens (tertiary/aromatic N) is 1. The molecule has 1 aromatic carbocycles. The van der Waals surface area contributed by atoms with Crippen molar-refractivity contribution in [2.45, 2.75) is 18.9 Å². The van der Waals surface area contributed by atoms with Crippen LogP contribution in [0.5, 0.6) is 0 Å². The zero-order valence-electron chi connectivity index (χ0n) is 10.2. The number of rotatable bonds is 5. The molecule has 1 fully saturated rings. The van der Waals surface area contributed by atoms with E-state index in [1.807, 2.05) is 0 Å². The van der Waals surface area contributed by atoms with Crippen LogP contribution in [0.4, 0.5) is 5.69 Å². The van der Waals surface area contributed by atoms with Gasteiger partial charge in [0, 0.05) is 30.3 Å². The zero-order chi connectivity index (χ0) is 13.1. The molecule has 7 heteroatoms. The van der Waals surface area contributed by atoms with Crippen molar-refractivity contribution in [3.63, 3.8) is 0 Å². The molecule has 1 saturated carbocycles. The van der Waals surface area contributed by atoms with Gasteiger partial charge in [0.25, 0.3) is 11.6 Å². The smallest absolute Gasteiger partial charge is 0.269 e. The number of carbonyl (C=O) groups is 1. The molecule has 2 rings (SSSR count). The summed E-state index contributed by atoms with van der Waals surface area (Å²) in [6, 6.07) is 5.52. The van der Waals surface area contributed by atoms with Gasteiger partial charge in [-0.1, -0.05) is 0 Å². The van der Waals surface area contributed by atoms with Gasteiger partial charge in [-0.25, -0.2) is 0 Å². The molecule has 6 nitrogen and oxygen atoms in total. The number of nitrogens with one attached hydrogen (secondary N) is 1. The Hall–Kier alpha value is -1.66. The number of hydrogen-bond donors (Lipinski definition) is 2. The summed E-state index contributed by atoms with van der Waals surface area (Å²) in [4.78, 5) is 21.7. The lowest BCUT2D eigenvalue weighted by atomic mass is 10.1. The molecular weight excluding hydrogens is 270 g/mol. The van der Waals surface area contributed by atoms with E-state index in [0.717, 1.165) is 12.8 Å². The molecule has 104 valence electrons. The Morgan fingerprint density at radius 3 is 2.47 bits per heavy atom. The average Bonchev–Trinajstić information content (AvgIpc) is 3.20. The summed E-state index contributed by atoms with van der Waals surface area (Å²) in [5, 5.41) is 13.2. The van der Waals surface area contributed by atoms with Crippen molar-refractivity contribution in [3.05, 3.63) is 39.9 Å². The third-order valence-corrected chi connectivity index (χ3v) is 3.07. The van der Waals surface area contributed by atoms with Gasteiger partial charge in [0.1, 0.15) is 0 Å². The van der Waals surface area contributed by atoms with E-state index in [4.69, 9.17) is 5.73 Å². The molecule has 1 amide bonds. The van der Waals surface area contributed by atoms with Crippen molar-refractivity contribution in [3.8, 4) is 0 Å². The lowest BCUT2D eigenvalue weighted by molar-refractivity contribution is -0.384. The van der Waals surface area contributed by atoms with Crippen molar-refractivity contribution >= 4 is 24.0 Å². The highest BCUT2D eigenvalue weighted by Crippen LogP contribution is 2.31. The molecule has 0 aromatic heterocycles. The van der Waals surface area contributed by atoms with Crippen LogP contribution in [0, 0.1) is 16.0 Å². The first-order chi connectivity index (χ1) is 8.58. The van der Waals surface area contributed by atoms with Crippen LogP contribution in [0.3, 0.4) is 0 Å². The zero-order valence-corrected chi connectivity index (χ0v) is 11.1. The van der Waals surface area contributed by atoms with Crippen molar-refractivity contribution in [2.24, 2.45) is 11.7 Å². The fourth-order valence-corrected chi connectivity index (χ4v) is 1.74. The van der Waals surface area contributed by atoms with Gasteiger partial charge in [-0.05, 0) is 30.9 Å². The molecule has 0 bridgehead atoms. The molecule has 1 aliphatic rings. The first-order valence-electron chi connectivity index (χ1n) is 5.86. The van der Waals surface area contributed by atoms with Gasteiger partial charge in [0.2, 0.25) is 0 Å². The SMILES string of the molecule is Cl.NC(CNC(=O)c1ccc([N+](=O)[O-])cc1)C1CC1. The highest BCUT2D eigenvalue weighted by atomic mass is 35.5. The van der Waals surface area contributed by atoms with Crippen LogP contribution < -0.4 is 11.1 Å². The van der Waals surface area contributed by atoms with E-state index in [1.165, 1.54) is 24.3 Å². The number of non-ortho nitro benzene ring substituents is 1. The van der Waals surface area contributed by atoms with Crippen LogP contribution in [-0.4, -0.2) is 23.4 Å². The minimum Gasteiger partial charge on any atom is -0.350 e. The largest absolute Gasteiger partial charge is 0.350 e. The highest BCUT2D eigenvalue weighted by molar-refractivity contribution is 5.94. The lowest BCUT2D eigenvalue weighted by Gasteiger charge is -2.11. The second-order valence-corrected chi connectivity index (χ2v) is 4.52. The summed E-state index contributed by atoms with van der Waals surface area (Å²) in [5.74, 6) is 0.281. The Bertz CT molecular complexity index is 460. The van der Waals surface area contributed by atoms with E-state index < -0.39 is 4.92 Å².